The maximum Gasteiger partial charge on any atom is 0.262 e. The van der Waals surface area contributed by atoms with Crippen molar-refractivity contribution in [3.05, 3.63) is 46.4 Å². The van der Waals surface area contributed by atoms with Crippen molar-refractivity contribution in [1.29, 1.82) is 0 Å². The van der Waals surface area contributed by atoms with Crippen LogP contribution in [0.5, 0.6) is 0 Å². The third-order valence-corrected chi connectivity index (χ3v) is 6.37. The summed E-state index contributed by atoms with van der Waals surface area (Å²) in [4.78, 5) is 26.1. The van der Waals surface area contributed by atoms with Gasteiger partial charge in [0.2, 0.25) is 11.7 Å². The smallest absolute Gasteiger partial charge is 0.262 e. The minimum atomic E-state index is -0.398. The van der Waals surface area contributed by atoms with Crippen LogP contribution in [0.25, 0.3) is 16.7 Å². The summed E-state index contributed by atoms with van der Waals surface area (Å²) in [5.41, 5.74) is 0.648. The third-order valence-electron chi connectivity index (χ3n) is 5.16. The molecule has 10 heteroatoms. The van der Waals surface area contributed by atoms with Crippen LogP contribution in [-0.2, 0) is 11.3 Å². The van der Waals surface area contributed by atoms with Crippen molar-refractivity contribution in [2.24, 2.45) is 0 Å². The van der Waals surface area contributed by atoms with Crippen LogP contribution in [0.1, 0.15) is 45.3 Å². The van der Waals surface area contributed by atoms with E-state index >= 15 is 0 Å². The second-order valence-electron chi connectivity index (χ2n) is 7.65. The van der Waals surface area contributed by atoms with E-state index in [1.807, 2.05) is 35.6 Å². The molecule has 0 bridgehead atoms. The summed E-state index contributed by atoms with van der Waals surface area (Å²) in [6.07, 6.45) is 3.32. The number of nitrogens with one attached hydrogen (secondary N) is 1. The summed E-state index contributed by atoms with van der Waals surface area (Å²) in [6.45, 7) is 6.42. The lowest BCUT2D eigenvalue weighted by atomic mass is 10.2. The van der Waals surface area contributed by atoms with Crippen molar-refractivity contribution in [3.63, 3.8) is 0 Å². The number of rotatable bonds is 9. The molecule has 4 aromatic rings. The van der Waals surface area contributed by atoms with Crippen LogP contribution in [-0.4, -0.2) is 35.5 Å². The standard InChI is InChI=1S/C22H26N6O3S/c1-4-6-11-17(19(29)23-18-13-14(3)31-26-18)32-22-25-24-21-27(12-5-2)20(30)15-9-7-8-10-16(15)28(21)22/h7-10,13,17H,4-6,11-12H2,1-3H3,(H,23,26,29). The first kappa shape index (κ1) is 22.1. The van der Waals surface area contributed by atoms with E-state index < -0.39 is 5.25 Å². The molecule has 0 radical (unpaired) electrons. The lowest BCUT2D eigenvalue weighted by Gasteiger charge is -2.15. The van der Waals surface area contributed by atoms with Crippen molar-refractivity contribution in [2.45, 2.75) is 63.4 Å². The van der Waals surface area contributed by atoms with Gasteiger partial charge in [-0.3, -0.25) is 18.6 Å². The van der Waals surface area contributed by atoms with E-state index in [2.05, 4.69) is 27.6 Å². The van der Waals surface area contributed by atoms with Gasteiger partial charge in [-0.25, -0.2) is 0 Å². The van der Waals surface area contributed by atoms with E-state index in [9.17, 15) is 9.59 Å². The molecule has 0 aliphatic carbocycles. The van der Waals surface area contributed by atoms with Crippen molar-refractivity contribution in [1.82, 2.24) is 24.3 Å². The highest BCUT2D eigenvalue weighted by Crippen LogP contribution is 2.29. The summed E-state index contributed by atoms with van der Waals surface area (Å²) in [5.74, 6) is 1.34. The Hall–Kier alpha value is -3.14. The number of carbonyl (C=O) groups excluding carboxylic acids is 1. The minimum Gasteiger partial charge on any atom is -0.360 e. The van der Waals surface area contributed by atoms with Crippen LogP contribution in [0.3, 0.4) is 0 Å². The fourth-order valence-corrected chi connectivity index (χ4v) is 4.71. The van der Waals surface area contributed by atoms with Gasteiger partial charge in [-0.2, -0.15) is 0 Å². The van der Waals surface area contributed by atoms with E-state index in [1.165, 1.54) is 11.8 Å². The number of nitrogens with zero attached hydrogens (tertiary/aromatic N) is 5. The number of carbonyl (C=O) groups is 1. The fraction of sp³-hybridized carbons (Fsp3) is 0.409. The van der Waals surface area contributed by atoms with E-state index in [0.717, 1.165) is 24.8 Å². The van der Waals surface area contributed by atoms with Gasteiger partial charge in [-0.1, -0.05) is 55.7 Å². The van der Waals surface area contributed by atoms with Gasteiger partial charge in [0.15, 0.2) is 11.0 Å². The number of amides is 1. The predicted molar refractivity (Wildman–Crippen MR) is 124 cm³/mol. The third kappa shape index (κ3) is 4.27. The molecule has 0 spiro atoms. The SMILES string of the molecule is CCCCC(Sc1nnc2n(CCC)c(=O)c3ccccc3n12)C(=O)Nc1cc(C)on1. The van der Waals surface area contributed by atoms with E-state index in [4.69, 9.17) is 4.52 Å². The average molecular weight is 455 g/mol. The van der Waals surface area contributed by atoms with Gasteiger partial charge < -0.3 is 9.84 Å². The molecule has 4 rings (SSSR count). The first-order valence-electron chi connectivity index (χ1n) is 10.8. The Balaban J connectivity index is 1.75. The molecule has 1 amide bonds. The molecular weight excluding hydrogens is 428 g/mol. The van der Waals surface area contributed by atoms with Crippen LogP contribution in [0.15, 0.2) is 44.8 Å². The fourth-order valence-electron chi connectivity index (χ4n) is 3.63. The molecular formula is C22H26N6O3S. The van der Waals surface area contributed by atoms with E-state index in [-0.39, 0.29) is 11.5 Å². The van der Waals surface area contributed by atoms with Gasteiger partial charge in [0.1, 0.15) is 5.76 Å². The number of para-hydroxylation sites is 1. The van der Waals surface area contributed by atoms with Gasteiger partial charge in [-0.05, 0) is 31.9 Å². The summed E-state index contributed by atoms with van der Waals surface area (Å²) >= 11 is 1.35. The molecule has 0 fully saturated rings. The monoisotopic (exact) mass is 454 g/mol. The summed E-state index contributed by atoms with van der Waals surface area (Å²) in [5, 5.41) is 16.2. The second kappa shape index (κ2) is 9.56. The number of benzene rings is 1. The van der Waals surface area contributed by atoms with Crippen molar-refractivity contribution in [3.8, 4) is 0 Å². The maximum atomic E-state index is 13.1. The number of fused-ring (bicyclic) bond motifs is 3. The van der Waals surface area contributed by atoms with Crippen LogP contribution < -0.4 is 10.9 Å². The minimum absolute atomic E-state index is 0.0828. The molecule has 3 aromatic heterocycles. The molecule has 0 saturated heterocycles. The lowest BCUT2D eigenvalue weighted by molar-refractivity contribution is -0.115. The molecule has 32 heavy (non-hydrogen) atoms. The number of anilines is 1. The Kier molecular flexibility index (Phi) is 6.59. The summed E-state index contributed by atoms with van der Waals surface area (Å²) in [6, 6.07) is 9.11. The Morgan fingerprint density at radius 1 is 1.22 bits per heavy atom. The lowest BCUT2D eigenvalue weighted by Crippen LogP contribution is -2.26. The first-order chi connectivity index (χ1) is 15.5. The predicted octanol–water partition coefficient (Wildman–Crippen LogP) is 4.04. The summed E-state index contributed by atoms with van der Waals surface area (Å²) < 4.78 is 8.58. The molecule has 9 nitrogen and oxygen atoms in total. The van der Waals surface area contributed by atoms with E-state index in [1.54, 1.807) is 17.6 Å². The number of thioether (sulfide) groups is 1. The molecule has 168 valence electrons. The quantitative estimate of drug-likeness (QED) is 0.380. The Bertz CT molecular complexity index is 1310. The topological polar surface area (TPSA) is 107 Å². The zero-order chi connectivity index (χ0) is 22.7. The summed E-state index contributed by atoms with van der Waals surface area (Å²) in [7, 11) is 0. The first-order valence-corrected chi connectivity index (χ1v) is 11.7. The molecule has 1 N–H and O–H groups in total. The highest BCUT2D eigenvalue weighted by atomic mass is 32.2. The number of aromatic nitrogens is 5. The highest BCUT2D eigenvalue weighted by Gasteiger charge is 2.25. The molecule has 3 heterocycles. The molecule has 1 aromatic carbocycles. The number of hydrogen-bond acceptors (Lipinski definition) is 7. The van der Waals surface area contributed by atoms with Crippen molar-refractivity contribution >= 4 is 40.2 Å². The van der Waals surface area contributed by atoms with Crippen molar-refractivity contribution in [2.75, 3.05) is 5.32 Å². The number of aryl methyl sites for hydroxylation is 2. The Labute approximate surface area is 189 Å². The van der Waals surface area contributed by atoms with Crippen molar-refractivity contribution < 1.29 is 9.32 Å². The van der Waals surface area contributed by atoms with Crippen LogP contribution in [0.2, 0.25) is 0 Å². The van der Waals surface area contributed by atoms with Crippen LogP contribution in [0, 0.1) is 6.92 Å². The van der Waals surface area contributed by atoms with Crippen LogP contribution >= 0.6 is 11.8 Å². The van der Waals surface area contributed by atoms with Gasteiger partial charge in [0.05, 0.1) is 16.2 Å². The Morgan fingerprint density at radius 3 is 2.75 bits per heavy atom. The highest BCUT2D eigenvalue weighted by molar-refractivity contribution is 8.00. The van der Waals surface area contributed by atoms with Gasteiger partial charge in [0, 0.05) is 12.6 Å². The van der Waals surface area contributed by atoms with Gasteiger partial charge in [-0.15, -0.1) is 10.2 Å². The molecule has 0 aliphatic heterocycles. The largest absolute Gasteiger partial charge is 0.360 e. The molecule has 0 aliphatic rings. The Morgan fingerprint density at radius 2 is 2.03 bits per heavy atom. The average Bonchev–Trinajstić information content (AvgIpc) is 3.40. The zero-order valence-electron chi connectivity index (χ0n) is 18.4. The number of unbranched alkanes of at least 4 members (excludes halogenated alkanes) is 1. The van der Waals surface area contributed by atoms with Crippen LogP contribution in [0.4, 0.5) is 5.82 Å². The second-order valence-corrected chi connectivity index (χ2v) is 8.82. The zero-order valence-corrected chi connectivity index (χ0v) is 19.2. The van der Waals surface area contributed by atoms with Gasteiger partial charge in [0.25, 0.3) is 5.56 Å². The molecule has 0 saturated carbocycles. The van der Waals surface area contributed by atoms with E-state index in [0.29, 0.717) is 40.9 Å². The normalized spacial score (nSPS) is 12.5. The van der Waals surface area contributed by atoms with Gasteiger partial charge >= 0.3 is 0 Å². The molecule has 1 atom stereocenters. The number of hydrogen-bond donors (Lipinski definition) is 1. The molecule has 1 unspecified atom stereocenters. The maximum absolute atomic E-state index is 13.1.